The zero-order valence-electron chi connectivity index (χ0n) is 12.0. The fourth-order valence-electron chi connectivity index (χ4n) is 4.01. The van der Waals surface area contributed by atoms with Gasteiger partial charge in [0.1, 0.15) is 5.82 Å². The molecule has 4 atom stereocenters. The molecule has 0 aromatic carbocycles. The Morgan fingerprint density at radius 2 is 2.19 bits per heavy atom. The number of carbonyl (C=O) groups is 1. The minimum Gasteiger partial charge on any atom is -0.396 e. The Morgan fingerprint density at radius 1 is 1.38 bits per heavy atom. The molecule has 1 amide bonds. The molecule has 2 saturated carbocycles. The standard InChI is InChI=1S/C16H21FN2O2/c17-13-5-10(7-18-8-13)1-4-15(21)19-16-12-3-2-11(6-12)14(16)9-20/h5,7-8,11-12,14,16,20H,1-4,6,9H2,(H,19,21). The number of nitrogens with zero attached hydrogens (tertiary/aromatic N) is 1. The number of pyridine rings is 1. The largest absolute Gasteiger partial charge is 0.396 e. The van der Waals surface area contributed by atoms with Crippen LogP contribution in [0.25, 0.3) is 0 Å². The van der Waals surface area contributed by atoms with Gasteiger partial charge in [0, 0.05) is 31.2 Å². The topological polar surface area (TPSA) is 62.2 Å². The molecule has 114 valence electrons. The number of amides is 1. The summed E-state index contributed by atoms with van der Waals surface area (Å²) in [6.07, 6.45) is 7.02. The zero-order valence-corrected chi connectivity index (χ0v) is 12.0. The van der Waals surface area contributed by atoms with E-state index >= 15 is 0 Å². The summed E-state index contributed by atoms with van der Waals surface area (Å²) in [5.74, 6) is 0.907. The summed E-state index contributed by atoms with van der Waals surface area (Å²) in [6.45, 7) is 0.153. The Kier molecular flexibility index (Phi) is 4.19. The van der Waals surface area contributed by atoms with E-state index < -0.39 is 0 Å². The van der Waals surface area contributed by atoms with Crippen LogP contribution in [0.4, 0.5) is 4.39 Å². The van der Waals surface area contributed by atoms with E-state index in [1.165, 1.54) is 12.5 Å². The molecule has 2 aliphatic carbocycles. The van der Waals surface area contributed by atoms with Crippen molar-refractivity contribution < 1.29 is 14.3 Å². The van der Waals surface area contributed by atoms with E-state index in [4.69, 9.17) is 0 Å². The summed E-state index contributed by atoms with van der Waals surface area (Å²) in [5.41, 5.74) is 0.733. The Balaban J connectivity index is 1.52. The van der Waals surface area contributed by atoms with E-state index in [-0.39, 0.29) is 30.3 Å². The first-order valence-electron chi connectivity index (χ1n) is 7.67. The Morgan fingerprint density at radius 3 is 2.95 bits per heavy atom. The molecule has 4 nitrogen and oxygen atoms in total. The number of carbonyl (C=O) groups excluding carboxylic acids is 1. The molecule has 1 aromatic heterocycles. The molecule has 0 aliphatic heterocycles. The second-order valence-corrected chi connectivity index (χ2v) is 6.28. The van der Waals surface area contributed by atoms with Crippen LogP contribution in [-0.4, -0.2) is 28.6 Å². The SMILES string of the molecule is O=C(CCc1cncc(F)c1)NC1C2CCC(C2)C1CO. The molecule has 3 rings (SSSR count). The summed E-state index contributed by atoms with van der Waals surface area (Å²) in [4.78, 5) is 15.9. The van der Waals surface area contributed by atoms with Crippen LogP contribution in [0.3, 0.4) is 0 Å². The van der Waals surface area contributed by atoms with Crippen molar-refractivity contribution in [2.75, 3.05) is 6.61 Å². The third-order valence-electron chi connectivity index (χ3n) is 5.03. The number of fused-ring (bicyclic) bond motifs is 2. The molecule has 2 N–H and O–H groups in total. The second-order valence-electron chi connectivity index (χ2n) is 6.28. The lowest BCUT2D eigenvalue weighted by molar-refractivity contribution is -0.122. The van der Waals surface area contributed by atoms with Gasteiger partial charge in [-0.3, -0.25) is 9.78 Å². The maximum atomic E-state index is 13.0. The third-order valence-corrected chi connectivity index (χ3v) is 5.03. The number of nitrogens with one attached hydrogen (secondary N) is 1. The molecule has 1 aromatic rings. The van der Waals surface area contributed by atoms with E-state index in [1.54, 1.807) is 6.20 Å². The van der Waals surface area contributed by atoms with E-state index in [0.29, 0.717) is 24.7 Å². The zero-order chi connectivity index (χ0) is 14.8. The Labute approximate surface area is 123 Å². The van der Waals surface area contributed by atoms with Gasteiger partial charge in [-0.1, -0.05) is 0 Å². The number of hydrogen-bond acceptors (Lipinski definition) is 3. The highest BCUT2D eigenvalue weighted by molar-refractivity contribution is 5.76. The average molecular weight is 292 g/mol. The van der Waals surface area contributed by atoms with Crippen LogP contribution in [0.15, 0.2) is 18.5 Å². The lowest BCUT2D eigenvalue weighted by Crippen LogP contribution is -2.45. The predicted octanol–water partition coefficient (Wildman–Crippen LogP) is 1.68. The highest BCUT2D eigenvalue weighted by Crippen LogP contribution is 2.48. The smallest absolute Gasteiger partial charge is 0.220 e. The lowest BCUT2D eigenvalue weighted by Gasteiger charge is -2.30. The van der Waals surface area contributed by atoms with Gasteiger partial charge in [0.2, 0.25) is 5.91 Å². The van der Waals surface area contributed by atoms with Crippen molar-refractivity contribution in [2.45, 2.75) is 38.1 Å². The number of aliphatic hydroxyl groups excluding tert-OH is 1. The van der Waals surface area contributed by atoms with Gasteiger partial charge in [0.15, 0.2) is 0 Å². The van der Waals surface area contributed by atoms with Crippen molar-refractivity contribution in [1.29, 1.82) is 0 Å². The van der Waals surface area contributed by atoms with Crippen molar-refractivity contribution in [3.8, 4) is 0 Å². The van der Waals surface area contributed by atoms with Crippen LogP contribution in [0.5, 0.6) is 0 Å². The summed E-state index contributed by atoms with van der Waals surface area (Å²) in [7, 11) is 0. The minimum atomic E-state index is -0.374. The maximum absolute atomic E-state index is 13.0. The second kappa shape index (κ2) is 6.10. The number of hydrogen-bond donors (Lipinski definition) is 2. The van der Waals surface area contributed by atoms with Crippen molar-refractivity contribution >= 4 is 5.91 Å². The molecular formula is C16H21FN2O2. The number of aliphatic hydroxyl groups is 1. The van der Waals surface area contributed by atoms with Crippen LogP contribution in [0.2, 0.25) is 0 Å². The molecule has 2 aliphatic rings. The van der Waals surface area contributed by atoms with Crippen LogP contribution >= 0.6 is 0 Å². The van der Waals surface area contributed by atoms with Crippen molar-refractivity contribution in [2.24, 2.45) is 17.8 Å². The van der Waals surface area contributed by atoms with Crippen molar-refractivity contribution in [1.82, 2.24) is 10.3 Å². The first kappa shape index (κ1) is 14.4. The highest BCUT2D eigenvalue weighted by atomic mass is 19.1. The molecule has 1 heterocycles. The van der Waals surface area contributed by atoms with Crippen molar-refractivity contribution in [3.05, 3.63) is 29.8 Å². The Hall–Kier alpha value is -1.49. The first-order valence-corrected chi connectivity index (χ1v) is 7.67. The normalized spacial score (nSPS) is 30.6. The lowest BCUT2D eigenvalue weighted by atomic mass is 9.85. The maximum Gasteiger partial charge on any atom is 0.220 e. The van der Waals surface area contributed by atoms with Crippen molar-refractivity contribution in [3.63, 3.8) is 0 Å². The average Bonchev–Trinajstić information content (AvgIpc) is 3.06. The molecule has 0 spiro atoms. The van der Waals surface area contributed by atoms with Gasteiger partial charge in [0.25, 0.3) is 0 Å². The van der Waals surface area contributed by atoms with Gasteiger partial charge < -0.3 is 10.4 Å². The van der Waals surface area contributed by atoms with Gasteiger partial charge in [0.05, 0.1) is 6.20 Å². The number of rotatable bonds is 5. The number of aromatic nitrogens is 1. The van der Waals surface area contributed by atoms with E-state index in [1.807, 2.05) is 0 Å². The summed E-state index contributed by atoms with van der Waals surface area (Å²) >= 11 is 0. The molecule has 2 bridgehead atoms. The van der Waals surface area contributed by atoms with Crippen LogP contribution in [0, 0.1) is 23.6 Å². The fraction of sp³-hybridized carbons (Fsp3) is 0.625. The van der Waals surface area contributed by atoms with Crippen LogP contribution in [-0.2, 0) is 11.2 Å². The monoisotopic (exact) mass is 292 g/mol. The molecule has 0 saturated heterocycles. The van der Waals surface area contributed by atoms with Gasteiger partial charge in [-0.15, -0.1) is 0 Å². The van der Waals surface area contributed by atoms with Gasteiger partial charge in [-0.25, -0.2) is 4.39 Å². The van der Waals surface area contributed by atoms with E-state index in [0.717, 1.165) is 24.6 Å². The van der Waals surface area contributed by atoms with Gasteiger partial charge in [-0.05, 0) is 49.1 Å². The fourth-order valence-corrected chi connectivity index (χ4v) is 4.01. The van der Waals surface area contributed by atoms with E-state index in [9.17, 15) is 14.3 Å². The summed E-state index contributed by atoms with van der Waals surface area (Å²) < 4.78 is 13.0. The van der Waals surface area contributed by atoms with Crippen LogP contribution in [0.1, 0.15) is 31.2 Å². The molecule has 2 fully saturated rings. The molecule has 0 radical (unpaired) electrons. The van der Waals surface area contributed by atoms with Crippen LogP contribution < -0.4 is 5.32 Å². The molecule has 5 heteroatoms. The number of aryl methyl sites for hydroxylation is 1. The predicted molar refractivity (Wildman–Crippen MR) is 75.9 cm³/mol. The first-order chi connectivity index (χ1) is 10.2. The summed E-state index contributed by atoms with van der Waals surface area (Å²) in [6, 6.07) is 1.53. The summed E-state index contributed by atoms with van der Waals surface area (Å²) in [5, 5.41) is 12.6. The molecular weight excluding hydrogens is 271 g/mol. The highest BCUT2D eigenvalue weighted by Gasteiger charge is 2.47. The van der Waals surface area contributed by atoms with Gasteiger partial charge >= 0.3 is 0 Å². The Bertz CT molecular complexity index is 523. The van der Waals surface area contributed by atoms with E-state index in [2.05, 4.69) is 10.3 Å². The number of halogens is 1. The molecule has 4 unspecified atom stereocenters. The van der Waals surface area contributed by atoms with Gasteiger partial charge in [-0.2, -0.15) is 0 Å². The quantitative estimate of drug-likeness (QED) is 0.868. The minimum absolute atomic E-state index is 0.0183. The third kappa shape index (κ3) is 3.07. The molecule has 21 heavy (non-hydrogen) atoms.